The SMILES string of the molecule is CC(C)(F)CN1CCC(NC2CC2c2cccc(C(=O)N/C(C=N)=C/NCC3CC3)c2)CC1. The molecule has 1 aromatic rings. The molecule has 4 rings (SSSR count). The summed E-state index contributed by atoms with van der Waals surface area (Å²) in [5, 5.41) is 17.4. The van der Waals surface area contributed by atoms with Crippen LogP contribution in [0.25, 0.3) is 0 Å². The van der Waals surface area contributed by atoms with E-state index in [-0.39, 0.29) is 5.91 Å². The van der Waals surface area contributed by atoms with Crippen molar-refractivity contribution in [3.8, 4) is 0 Å². The molecule has 0 aromatic heterocycles. The second-order valence-electron chi connectivity index (χ2n) is 10.6. The molecule has 3 aliphatic rings. The fraction of sp³-hybridized carbons (Fsp3) is 0.615. The van der Waals surface area contributed by atoms with Crippen LogP contribution in [0.15, 0.2) is 36.2 Å². The maximum absolute atomic E-state index is 13.9. The van der Waals surface area contributed by atoms with Gasteiger partial charge in [0.2, 0.25) is 0 Å². The Labute approximate surface area is 196 Å². The maximum atomic E-state index is 13.9. The Hall–Kier alpha value is -2.25. The van der Waals surface area contributed by atoms with Crippen molar-refractivity contribution >= 4 is 12.1 Å². The topological polar surface area (TPSA) is 80.2 Å². The molecule has 0 spiro atoms. The molecule has 7 heteroatoms. The molecule has 180 valence electrons. The minimum Gasteiger partial charge on any atom is -0.389 e. The first kappa shape index (κ1) is 23.9. The van der Waals surface area contributed by atoms with Gasteiger partial charge in [0.25, 0.3) is 5.91 Å². The molecular formula is C26H38FN5O. The molecule has 2 aliphatic carbocycles. The number of benzene rings is 1. The lowest BCUT2D eigenvalue weighted by Crippen LogP contribution is -2.46. The molecule has 0 bridgehead atoms. The molecule has 1 aliphatic heterocycles. The van der Waals surface area contributed by atoms with Crippen molar-refractivity contribution in [3.63, 3.8) is 0 Å². The zero-order valence-corrected chi connectivity index (χ0v) is 19.9. The lowest BCUT2D eigenvalue weighted by molar-refractivity contribution is 0.0967. The summed E-state index contributed by atoms with van der Waals surface area (Å²) in [5.41, 5.74) is 1.14. The summed E-state index contributed by atoms with van der Waals surface area (Å²) in [4.78, 5) is 14.9. The van der Waals surface area contributed by atoms with Crippen LogP contribution in [0.2, 0.25) is 0 Å². The van der Waals surface area contributed by atoms with Crippen LogP contribution in [0.5, 0.6) is 0 Å². The molecule has 33 heavy (non-hydrogen) atoms. The normalized spacial score (nSPS) is 24.4. The summed E-state index contributed by atoms with van der Waals surface area (Å²) in [7, 11) is 0. The number of hydrogen-bond donors (Lipinski definition) is 4. The van der Waals surface area contributed by atoms with Gasteiger partial charge in [-0.2, -0.15) is 0 Å². The van der Waals surface area contributed by atoms with Gasteiger partial charge in [0.05, 0.1) is 5.70 Å². The average molecular weight is 456 g/mol. The number of nitrogens with zero attached hydrogens (tertiary/aromatic N) is 1. The van der Waals surface area contributed by atoms with E-state index in [1.54, 1.807) is 20.0 Å². The molecule has 1 heterocycles. The number of rotatable bonds is 11. The first-order valence-corrected chi connectivity index (χ1v) is 12.3. The van der Waals surface area contributed by atoms with E-state index in [4.69, 9.17) is 5.41 Å². The Bertz CT molecular complexity index is 868. The highest BCUT2D eigenvalue weighted by Crippen LogP contribution is 2.41. The molecule has 1 aromatic carbocycles. The van der Waals surface area contributed by atoms with E-state index in [0.717, 1.165) is 44.8 Å². The minimum absolute atomic E-state index is 0.187. The number of likely N-dealkylation sites (tertiary alicyclic amines) is 1. The van der Waals surface area contributed by atoms with Crippen LogP contribution in [0.3, 0.4) is 0 Å². The van der Waals surface area contributed by atoms with Crippen molar-refractivity contribution in [3.05, 3.63) is 47.3 Å². The Balaban J connectivity index is 1.24. The molecule has 4 N–H and O–H groups in total. The van der Waals surface area contributed by atoms with E-state index in [1.807, 2.05) is 18.2 Å². The molecule has 1 amide bonds. The lowest BCUT2D eigenvalue weighted by atomic mass is 10.0. The van der Waals surface area contributed by atoms with Crippen molar-refractivity contribution in [1.29, 1.82) is 5.41 Å². The van der Waals surface area contributed by atoms with Gasteiger partial charge in [-0.05, 0) is 82.7 Å². The van der Waals surface area contributed by atoms with Crippen LogP contribution in [0, 0.1) is 11.3 Å². The van der Waals surface area contributed by atoms with E-state index in [2.05, 4.69) is 26.9 Å². The van der Waals surface area contributed by atoms with Crippen molar-refractivity contribution in [1.82, 2.24) is 20.9 Å². The van der Waals surface area contributed by atoms with Gasteiger partial charge in [0.15, 0.2) is 0 Å². The quantitative estimate of drug-likeness (QED) is 0.385. The fourth-order valence-electron chi connectivity index (χ4n) is 4.72. The third-order valence-corrected chi connectivity index (χ3v) is 6.78. The van der Waals surface area contributed by atoms with Crippen LogP contribution in [0.4, 0.5) is 4.39 Å². The maximum Gasteiger partial charge on any atom is 0.255 e. The van der Waals surface area contributed by atoms with Gasteiger partial charge >= 0.3 is 0 Å². The lowest BCUT2D eigenvalue weighted by Gasteiger charge is -2.35. The molecule has 6 nitrogen and oxygen atoms in total. The second-order valence-corrected chi connectivity index (χ2v) is 10.6. The van der Waals surface area contributed by atoms with Crippen molar-refractivity contribution < 1.29 is 9.18 Å². The van der Waals surface area contributed by atoms with Crippen molar-refractivity contribution in [2.45, 2.75) is 69.6 Å². The number of carbonyl (C=O) groups is 1. The Morgan fingerprint density at radius 1 is 1.24 bits per heavy atom. The number of alkyl halides is 1. The molecule has 0 radical (unpaired) electrons. The van der Waals surface area contributed by atoms with Gasteiger partial charge in [-0.1, -0.05) is 12.1 Å². The van der Waals surface area contributed by atoms with Gasteiger partial charge in [-0.25, -0.2) is 4.39 Å². The predicted octanol–water partition coefficient (Wildman–Crippen LogP) is 3.56. The molecule has 1 saturated heterocycles. The van der Waals surface area contributed by atoms with Crippen LogP contribution >= 0.6 is 0 Å². The fourth-order valence-corrected chi connectivity index (χ4v) is 4.72. The Kier molecular flexibility index (Phi) is 7.49. The summed E-state index contributed by atoms with van der Waals surface area (Å²) in [5.74, 6) is 0.974. The third-order valence-electron chi connectivity index (χ3n) is 6.78. The number of allylic oxidation sites excluding steroid dienone is 1. The Morgan fingerprint density at radius 3 is 2.67 bits per heavy atom. The number of amides is 1. The zero-order chi connectivity index (χ0) is 23.4. The first-order chi connectivity index (χ1) is 15.8. The van der Waals surface area contributed by atoms with Crippen molar-refractivity contribution in [2.24, 2.45) is 5.92 Å². The summed E-state index contributed by atoms with van der Waals surface area (Å²) in [6.07, 6.45) is 8.58. The number of piperidine rings is 1. The molecule has 2 atom stereocenters. The first-order valence-electron chi connectivity index (χ1n) is 12.3. The second kappa shape index (κ2) is 10.3. The van der Waals surface area contributed by atoms with E-state index in [0.29, 0.717) is 35.8 Å². The van der Waals surface area contributed by atoms with Gasteiger partial charge < -0.3 is 26.3 Å². The Morgan fingerprint density at radius 2 is 2.00 bits per heavy atom. The smallest absolute Gasteiger partial charge is 0.255 e. The summed E-state index contributed by atoms with van der Waals surface area (Å²) in [6.45, 7) is 6.58. The molecular weight excluding hydrogens is 417 g/mol. The molecule has 2 unspecified atom stereocenters. The third kappa shape index (κ3) is 7.37. The van der Waals surface area contributed by atoms with Crippen LogP contribution in [-0.2, 0) is 0 Å². The number of hydrogen-bond acceptors (Lipinski definition) is 5. The van der Waals surface area contributed by atoms with Gasteiger partial charge in [-0.3, -0.25) is 4.79 Å². The van der Waals surface area contributed by atoms with E-state index < -0.39 is 5.67 Å². The highest BCUT2D eigenvalue weighted by atomic mass is 19.1. The summed E-state index contributed by atoms with van der Waals surface area (Å²) in [6, 6.07) is 8.77. The van der Waals surface area contributed by atoms with Crippen molar-refractivity contribution in [2.75, 3.05) is 26.2 Å². The average Bonchev–Trinajstić information content (AvgIpc) is 3.70. The van der Waals surface area contributed by atoms with Crippen LogP contribution in [0.1, 0.15) is 67.8 Å². The zero-order valence-electron chi connectivity index (χ0n) is 19.9. The minimum atomic E-state index is -1.14. The predicted molar refractivity (Wildman–Crippen MR) is 130 cm³/mol. The van der Waals surface area contributed by atoms with E-state index in [1.165, 1.54) is 24.6 Å². The number of nitrogens with one attached hydrogen (secondary N) is 4. The van der Waals surface area contributed by atoms with Crippen LogP contribution < -0.4 is 16.0 Å². The van der Waals surface area contributed by atoms with E-state index >= 15 is 0 Å². The number of carbonyl (C=O) groups excluding carboxylic acids is 1. The highest BCUT2D eigenvalue weighted by Gasteiger charge is 2.40. The van der Waals surface area contributed by atoms with Gasteiger partial charge in [0, 0.05) is 49.1 Å². The summed E-state index contributed by atoms with van der Waals surface area (Å²) >= 11 is 0. The van der Waals surface area contributed by atoms with Crippen LogP contribution in [-0.4, -0.2) is 61.0 Å². The standard InChI is InChI=1S/C26H38FN5O/c1-26(2,27)17-32-10-8-21(9-11-32)30-24-13-23(24)19-4-3-5-20(12-19)25(33)31-22(14-28)16-29-15-18-6-7-18/h3-5,12,14,16,18,21,23-24,28-30H,6-11,13,15,17H2,1-2H3,(H,31,33)/b22-16+,28-14?. The van der Waals surface area contributed by atoms with E-state index in [9.17, 15) is 9.18 Å². The van der Waals surface area contributed by atoms with Gasteiger partial charge in [0.1, 0.15) is 5.67 Å². The monoisotopic (exact) mass is 455 g/mol. The van der Waals surface area contributed by atoms with Gasteiger partial charge in [-0.15, -0.1) is 0 Å². The highest BCUT2D eigenvalue weighted by molar-refractivity contribution is 5.98. The number of halogens is 1. The molecule has 3 fully saturated rings. The summed E-state index contributed by atoms with van der Waals surface area (Å²) < 4.78 is 13.9. The largest absolute Gasteiger partial charge is 0.389 e. The molecule has 2 saturated carbocycles.